The molecule has 1 N–H and O–H groups in total. The van der Waals surface area contributed by atoms with E-state index in [-0.39, 0.29) is 11.8 Å². The van der Waals surface area contributed by atoms with Crippen LogP contribution < -0.4 is 15.0 Å². The molecule has 148 valence electrons. The number of nitrogens with one attached hydrogen (secondary N) is 1. The zero-order valence-corrected chi connectivity index (χ0v) is 16.6. The van der Waals surface area contributed by atoms with Gasteiger partial charge in [-0.05, 0) is 47.5 Å². The second-order valence-electron chi connectivity index (χ2n) is 6.93. The minimum Gasteiger partial charge on any atom is -0.492 e. The fourth-order valence-corrected chi connectivity index (χ4v) is 3.68. The molecule has 0 bridgehead atoms. The van der Waals surface area contributed by atoms with Gasteiger partial charge in [-0.1, -0.05) is 41.9 Å². The minimum atomic E-state index is -0.225. The molecule has 0 unspecified atom stereocenters. The van der Waals surface area contributed by atoms with Crippen molar-refractivity contribution in [3.8, 4) is 5.75 Å². The van der Waals surface area contributed by atoms with Gasteiger partial charge in [-0.2, -0.15) is 0 Å². The van der Waals surface area contributed by atoms with E-state index in [0.29, 0.717) is 42.4 Å². The molecule has 0 radical (unpaired) electrons. The third kappa shape index (κ3) is 4.35. The van der Waals surface area contributed by atoms with Crippen LogP contribution in [0.1, 0.15) is 23.2 Å². The molecule has 29 heavy (non-hydrogen) atoms. The third-order valence-electron chi connectivity index (χ3n) is 4.95. The Labute approximate surface area is 174 Å². The van der Waals surface area contributed by atoms with Crippen molar-refractivity contribution in [2.45, 2.75) is 12.8 Å². The number of nitrogens with zero attached hydrogens (tertiary/aromatic N) is 1. The van der Waals surface area contributed by atoms with Gasteiger partial charge in [-0.3, -0.25) is 9.59 Å². The van der Waals surface area contributed by atoms with Gasteiger partial charge < -0.3 is 15.0 Å². The van der Waals surface area contributed by atoms with Crippen molar-refractivity contribution < 1.29 is 14.3 Å². The highest BCUT2D eigenvalue weighted by Gasteiger charge is 2.24. The first-order valence-corrected chi connectivity index (χ1v) is 9.99. The molecule has 4 rings (SSSR count). The molecule has 0 spiro atoms. The summed E-state index contributed by atoms with van der Waals surface area (Å²) in [7, 11) is 0. The van der Waals surface area contributed by atoms with E-state index in [4.69, 9.17) is 16.3 Å². The Morgan fingerprint density at radius 3 is 2.69 bits per heavy atom. The monoisotopic (exact) mass is 408 g/mol. The molecule has 1 aliphatic heterocycles. The summed E-state index contributed by atoms with van der Waals surface area (Å²) < 4.78 is 5.75. The van der Waals surface area contributed by atoms with E-state index in [0.717, 1.165) is 22.9 Å². The maximum absolute atomic E-state index is 12.5. The van der Waals surface area contributed by atoms with Crippen molar-refractivity contribution in [1.29, 1.82) is 0 Å². The number of fused-ring (bicyclic) bond motifs is 1. The van der Waals surface area contributed by atoms with Gasteiger partial charge in [0.15, 0.2) is 0 Å². The van der Waals surface area contributed by atoms with Gasteiger partial charge in [0.1, 0.15) is 12.4 Å². The second-order valence-corrected chi connectivity index (χ2v) is 7.34. The second kappa shape index (κ2) is 8.53. The number of hydrogen-bond acceptors (Lipinski definition) is 3. The molecule has 2 amide bonds. The summed E-state index contributed by atoms with van der Waals surface area (Å²) in [5.74, 6) is 0.573. The molecule has 6 heteroatoms. The number of carbonyl (C=O) groups excluding carboxylic acids is 2. The van der Waals surface area contributed by atoms with Crippen molar-refractivity contribution in [3.05, 3.63) is 71.2 Å². The molecule has 0 saturated carbocycles. The standard InChI is InChI=1S/C23H21ClN2O3/c24-20-10-8-18(15-21(20)26-12-3-6-22(26)27)23(28)25-11-13-29-19-9-7-16-4-1-2-5-17(16)14-19/h1-2,4-5,7-10,14-15H,3,6,11-13H2,(H,25,28). The molecule has 5 nitrogen and oxygen atoms in total. The first kappa shape index (κ1) is 19.3. The SMILES string of the molecule is O=C(NCCOc1ccc2ccccc2c1)c1ccc(Cl)c(N2CCCC2=O)c1. The van der Waals surface area contributed by atoms with Gasteiger partial charge in [0.05, 0.1) is 17.3 Å². The normalized spacial score (nSPS) is 13.7. The number of halogens is 1. The van der Waals surface area contributed by atoms with Crippen LogP contribution in [0, 0.1) is 0 Å². The number of rotatable bonds is 6. The Hall–Kier alpha value is -3.05. The highest BCUT2D eigenvalue weighted by atomic mass is 35.5. The highest BCUT2D eigenvalue weighted by molar-refractivity contribution is 6.34. The average molecular weight is 409 g/mol. The Balaban J connectivity index is 1.34. The van der Waals surface area contributed by atoms with E-state index < -0.39 is 0 Å². The summed E-state index contributed by atoms with van der Waals surface area (Å²) in [6.07, 6.45) is 1.32. The topological polar surface area (TPSA) is 58.6 Å². The third-order valence-corrected chi connectivity index (χ3v) is 5.27. The van der Waals surface area contributed by atoms with E-state index in [1.165, 1.54) is 0 Å². The Kier molecular flexibility index (Phi) is 5.67. The molecular formula is C23H21ClN2O3. The summed E-state index contributed by atoms with van der Waals surface area (Å²) in [5.41, 5.74) is 1.06. The van der Waals surface area contributed by atoms with Crippen molar-refractivity contribution in [1.82, 2.24) is 5.32 Å². The lowest BCUT2D eigenvalue weighted by atomic mass is 10.1. The number of carbonyl (C=O) groups is 2. The molecule has 1 saturated heterocycles. The summed E-state index contributed by atoms with van der Waals surface area (Å²) in [5, 5.41) is 5.58. The van der Waals surface area contributed by atoms with Crippen molar-refractivity contribution in [2.75, 3.05) is 24.6 Å². The van der Waals surface area contributed by atoms with Gasteiger partial charge in [0, 0.05) is 18.5 Å². The minimum absolute atomic E-state index is 0.0354. The summed E-state index contributed by atoms with van der Waals surface area (Å²) in [6, 6.07) is 19.0. The number of ether oxygens (including phenoxy) is 1. The number of hydrogen-bond donors (Lipinski definition) is 1. The van der Waals surface area contributed by atoms with Crippen LogP contribution >= 0.6 is 11.6 Å². The largest absolute Gasteiger partial charge is 0.492 e. The molecule has 0 aromatic heterocycles. The van der Waals surface area contributed by atoms with Crippen LogP contribution in [0.2, 0.25) is 5.02 Å². The summed E-state index contributed by atoms with van der Waals surface area (Å²) >= 11 is 6.24. The zero-order chi connectivity index (χ0) is 20.2. The fraction of sp³-hybridized carbons (Fsp3) is 0.217. The smallest absolute Gasteiger partial charge is 0.251 e. The first-order valence-electron chi connectivity index (χ1n) is 9.61. The van der Waals surface area contributed by atoms with Gasteiger partial charge >= 0.3 is 0 Å². The van der Waals surface area contributed by atoms with Crippen LogP contribution in [-0.4, -0.2) is 31.5 Å². The predicted molar refractivity (Wildman–Crippen MR) is 115 cm³/mol. The molecule has 0 aliphatic carbocycles. The quantitative estimate of drug-likeness (QED) is 0.614. The van der Waals surface area contributed by atoms with Crippen LogP contribution in [-0.2, 0) is 4.79 Å². The van der Waals surface area contributed by atoms with Gasteiger partial charge in [0.25, 0.3) is 5.91 Å². The van der Waals surface area contributed by atoms with Crippen LogP contribution in [0.5, 0.6) is 5.75 Å². The lowest BCUT2D eigenvalue weighted by Gasteiger charge is -2.18. The molecule has 1 heterocycles. The Morgan fingerprint density at radius 2 is 1.90 bits per heavy atom. The van der Waals surface area contributed by atoms with Crippen LogP contribution in [0.4, 0.5) is 5.69 Å². The van der Waals surface area contributed by atoms with Gasteiger partial charge in [0.2, 0.25) is 5.91 Å². The Bertz CT molecular complexity index is 1070. The lowest BCUT2D eigenvalue weighted by molar-refractivity contribution is -0.117. The first-order chi connectivity index (χ1) is 14.1. The van der Waals surface area contributed by atoms with Gasteiger partial charge in [-0.15, -0.1) is 0 Å². The number of amides is 2. The van der Waals surface area contributed by atoms with Crippen molar-refractivity contribution >= 4 is 39.9 Å². The van der Waals surface area contributed by atoms with Crippen molar-refractivity contribution in [3.63, 3.8) is 0 Å². The van der Waals surface area contributed by atoms with E-state index in [1.807, 2.05) is 36.4 Å². The fourth-order valence-electron chi connectivity index (χ4n) is 3.46. The molecule has 3 aromatic rings. The van der Waals surface area contributed by atoms with Crippen LogP contribution in [0.15, 0.2) is 60.7 Å². The molecular weight excluding hydrogens is 388 g/mol. The molecule has 0 atom stereocenters. The van der Waals surface area contributed by atoms with Crippen LogP contribution in [0.3, 0.4) is 0 Å². The van der Waals surface area contributed by atoms with Crippen molar-refractivity contribution in [2.24, 2.45) is 0 Å². The zero-order valence-electron chi connectivity index (χ0n) is 15.9. The summed E-state index contributed by atoms with van der Waals surface area (Å²) in [6.45, 7) is 1.35. The lowest BCUT2D eigenvalue weighted by Crippen LogP contribution is -2.29. The number of benzene rings is 3. The van der Waals surface area contributed by atoms with E-state index >= 15 is 0 Å². The Morgan fingerprint density at radius 1 is 1.07 bits per heavy atom. The molecule has 3 aromatic carbocycles. The van der Waals surface area contributed by atoms with Gasteiger partial charge in [-0.25, -0.2) is 0 Å². The predicted octanol–water partition coefficient (Wildman–Crippen LogP) is 4.43. The summed E-state index contributed by atoms with van der Waals surface area (Å²) in [4.78, 5) is 26.1. The van der Waals surface area contributed by atoms with Crippen LogP contribution in [0.25, 0.3) is 10.8 Å². The molecule has 1 aliphatic rings. The van der Waals surface area contributed by atoms with E-state index in [9.17, 15) is 9.59 Å². The van der Waals surface area contributed by atoms with E-state index in [1.54, 1.807) is 23.1 Å². The highest BCUT2D eigenvalue weighted by Crippen LogP contribution is 2.30. The maximum Gasteiger partial charge on any atom is 0.251 e. The number of anilines is 1. The van der Waals surface area contributed by atoms with E-state index in [2.05, 4.69) is 11.4 Å². The maximum atomic E-state index is 12.5. The molecule has 1 fully saturated rings. The average Bonchev–Trinajstić information content (AvgIpc) is 3.17.